The van der Waals surface area contributed by atoms with E-state index in [2.05, 4.69) is 10.1 Å². The van der Waals surface area contributed by atoms with Crippen LogP contribution >= 0.6 is 0 Å². The SMILES string of the molecule is O/N=C/c1nccn1Cc1ccccc1. The van der Waals surface area contributed by atoms with Crippen LogP contribution in [0.3, 0.4) is 0 Å². The van der Waals surface area contributed by atoms with Crippen LogP contribution in [0.4, 0.5) is 0 Å². The first kappa shape index (κ1) is 9.45. The number of imidazole rings is 1. The molecule has 2 rings (SSSR count). The normalized spacial score (nSPS) is 10.9. The Kier molecular flexibility index (Phi) is 2.78. The lowest BCUT2D eigenvalue weighted by Gasteiger charge is -2.04. The van der Waals surface area contributed by atoms with Gasteiger partial charge in [0.15, 0.2) is 5.82 Å². The molecule has 0 aliphatic heterocycles. The van der Waals surface area contributed by atoms with E-state index in [9.17, 15) is 0 Å². The van der Waals surface area contributed by atoms with Gasteiger partial charge in [-0.15, -0.1) is 0 Å². The van der Waals surface area contributed by atoms with Gasteiger partial charge < -0.3 is 9.77 Å². The van der Waals surface area contributed by atoms with Crippen LogP contribution in [-0.4, -0.2) is 21.0 Å². The van der Waals surface area contributed by atoms with Crippen molar-refractivity contribution in [1.82, 2.24) is 9.55 Å². The zero-order valence-electron chi connectivity index (χ0n) is 8.11. The number of benzene rings is 1. The van der Waals surface area contributed by atoms with E-state index in [1.54, 1.807) is 6.20 Å². The molecule has 76 valence electrons. The second-order valence-electron chi connectivity index (χ2n) is 3.14. The smallest absolute Gasteiger partial charge is 0.154 e. The number of aromatic nitrogens is 2. The zero-order chi connectivity index (χ0) is 10.5. The molecule has 0 saturated carbocycles. The van der Waals surface area contributed by atoms with Crippen LogP contribution in [0.5, 0.6) is 0 Å². The maximum atomic E-state index is 8.44. The predicted molar refractivity (Wildman–Crippen MR) is 57.2 cm³/mol. The minimum Gasteiger partial charge on any atom is -0.411 e. The highest BCUT2D eigenvalue weighted by Gasteiger charge is 2.00. The first-order valence-electron chi connectivity index (χ1n) is 4.62. The molecular formula is C11H11N3O. The van der Waals surface area contributed by atoms with Crippen LogP contribution in [-0.2, 0) is 6.54 Å². The van der Waals surface area contributed by atoms with Crippen molar-refractivity contribution < 1.29 is 5.21 Å². The third kappa shape index (κ3) is 2.22. The molecule has 15 heavy (non-hydrogen) atoms. The van der Waals surface area contributed by atoms with Crippen molar-refractivity contribution in [2.75, 3.05) is 0 Å². The summed E-state index contributed by atoms with van der Waals surface area (Å²) in [4.78, 5) is 4.06. The Balaban J connectivity index is 2.21. The van der Waals surface area contributed by atoms with Gasteiger partial charge in [-0.05, 0) is 5.56 Å². The fraction of sp³-hybridized carbons (Fsp3) is 0.0909. The van der Waals surface area contributed by atoms with Gasteiger partial charge in [-0.2, -0.15) is 0 Å². The quantitative estimate of drug-likeness (QED) is 0.467. The fourth-order valence-electron chi connectivity index (χ4n) is 1.41. The maximum Gasteiger partial charge on any atom is 0.154 e. The lowest BCUT2D eigenvalue weighted by atomic mass is 10.2. The second-order valence-corrected chi connectivity index (χ2v) is 3.14. The van der Waals surface area contributed by atoms with Gasteiger partial charge in [-0.25, -0.2) is 4.98 Å². The fourth-order valence-corrected chi connectivity index (χ4v) is 1.41. The van der Waals surface area contributed by atoms with Gasteiger partial charge in [0.1, 0.15) is 6.21 Å². The van der Waals surface area contributed by atoms with Gasteiger partial charge in [0.25, 0.3) is 0 Å². The Morgan fingerprint density at radius 3 is 2.87 bits per heavy atom. The Morgan fingerprint density at radius 2 is 2.13 bits per heavy atom. The molecule has 0 saturated heterocycles. The standard InChI is InChI=1S/C11H11N3O/c15-13-8-11-12-6-7-14(11)9-10-4-2-1-3-5-10/h1-8,15H,9H2/b13-8+. The monoisotopic (exact) mass is 201 g/mol. The topological polar surface area (TPSA) is 50.4 Å². The van der Waals surface area contributed by atoms with Gasteiger partial charge in [-0.3, -0.25) is 0 Å². The van der Waals surface area contributed by atoms with Crippen molar-refractivity contribution in [2.45, 2.75) is 6.54 Å². The molecule has 4 nitrogen and oxygen atoms in total. The molecule has 1 N–H and O–H groups in total. The minimum absolute atomic E-state index is 0.640. The van der Waals surface area contributed by atoms with Crippen molar-refractivity contribution >= 4 is 6.21 Å². The Morgan fingerprint density at radius 1 is 1.33 bits per heavy atom. The average Bonchev–Trinajstić information content (AvgIpc) is 2.68. The van der Waals surface area contributed by atoms with Crippen molar-refractivity contribution in [3.63, 3.8) is 0 Å². The third-order valence-electron chi connectivity index (χ3n) is 2.12. The number of hydrogen-bond donors (Lipinski definition) is 1. The Hall–Kier alpha value is -2.10. The van der Waals surface area contributed by atoms with Crippen molar-refractivity contribution in [3.05, 3.63) is 54.1 Å². The molecule has 0 radical (unpaired) electrons. The van der Waals surface area contributed by atoms with Gasteiger partial charge in [0.05, 0.1) is 0 Å². The first-order valence-corrected chi connectivity index (χ1v) is 4.62. The van der Waals surface area contributed by atoms with Crippen molar-refractivity contribution in [2.24, 2.45) is 5.16 Å². The van der Waals surface area contributed by atoms with Gasteiger partial charge in [-0.1, -0.05) is 35.5 Å². The molecule has 0 unspecified atom stereocenters. The van der Waals surface area contributed by atoms with E-state index in [0.717, 1.165) is 6.54 Å². The Bertz CT molecular complexity index is 448. The van der Waals surface area contributed by atoms with Gasteiger partial charge >= 0.3 is 0 Å². The van der Waals surface area contributed by atoms with E-state index >= 15 is 0 Å². The van der Waals surface area contributed by atoms with Gasteiger partial charge in [0, 0.05) is 18.9 Å². The third-order valence-corrected chi connectivity index (χ3v) is 2.12. The summed E-state index contributed by atoms with van der Waals surface area (Å²) in [6, 6.07) is 10.0. The molecule has 4 heteroatoms. The number of nitrogens with zero attached hydrogens (tertiary/aromatic N) is 3. The maximum absolute atomic E-state index is 8.44. The summed E-state index contributed by atoms with van der Waals surface area (Å²) in [5, 5.41) is 11.4. The van der Waals surface area contributed by atoms with E-state index in [4.69, 9.17) is 5.21 Å². The highest BCUT2D eigenvalue weighted by atomic mass is 16.4. The predicted octanol–water partition coefficient (Wildman–Crippen LogP) is 1.74. The van der Waals surface area contributed by atoms with Crippen LogP contribution in [0.15, 0.2) is 47.9 Å². The molecular weight excluding hydrogens is 190 g/mol. The lowest BCUT2D eigenvalue weighted by Crippen LogP contribution is -2.03. The number of oxime groups is 1. The van der Waals surface area contributed by atoms with Crippen LogP contribution in [0.1, 0.15) is 11.4 Å². The summed E-state index contributed by atoms with van der Waals surface area (Å²) < 4.78 is 1.91. The molecule has 0 spiro atoms. The molecule has 0 atom stereocenters. The molecule has 0 aliphatic rings. The van der Waals surface area contributed by atoms with Gasteiger partial charge in [0.2, 0.25) is 0 Å². The zero-order valence-corrected chi connectivity index (χ0v) is 8.11. The summed E-state index contributed by atoms with van der Waals surface area (Å²) in [5.41, 5.74) is 1.18. The van der Waals surface area contributed by atoms with Crippen LogP contribution in [0, 0.1) is 0 Å². The highest BCUT2D eigenvalue weighted by Crippen LogP contribution is 2.03. The number of hydrogen-bond acceptors (Lipinski definition) is 3. The Labute approximate surface area is 87.5 Å². The van der Waals surface area contributed by atoms with E-state index < -0.39 is 0 Å². The lowest BCUT2D eigenvalue weighted by molar-refractivity contribution is 0.321. The van der Waals surface area contributed by atoms with E-state index in [1.165, 1.54) is 11.8 Å². The molecule has 0 bridgehead atoms. The van der Waals surface area contributed by atoms with Crippen LogP contribution in [0.25, 0.3) is 0 Å². The van der Waals surface area contributed by atoms with Crippen LogP contribution in [0.2, 0.25) is 0 Å². The van der Waals surface area contributed by atoms with E-state index in [1.807, 2.05) is 41.1 Å². The van der Waals surface area contributed by atoms with Crippen molar-refractivity contribution in [3.8, 4) is 0 Å². The van der Waals surface area contributed by atoms with E-state index in [-0.39, 0.29) is 0 Å². The molecule has 0 amide bonds. The second kappa shape index (κ2) is 4.41. The molecule has 0 fully saturated rings. The van der Waals surface area contributed by atoms with E-state index in [0.29, 0.717) is 5.82 Å². The molecule has 1 heterocycles. The van der Waals surface area contributed by atoms with Crippen molar-refractivity contribution in [1.29, 1.82) is 0 Å². The highest BCUT2D eigenvalue weighted by molar-refractivity contribution is 5.74. The summed E-state index contributed by atoms with van der Waals surface area (Å²) in [6.45, 7) is 0.724. The summed E-state index contributed by atoms with van der Waals surface area (Å²) in [5.74, 6) is 0.640. The first-order chi connectivity index (χ1) is 7.40. The molecule has 1 aromatic heterocycles. The number of rotatable bonds is 3. The molecule has 0 aliphatic carbocycles. The summed E-state index contributed by atoms with van der Waals surface area (Å²) in [7, 11) is 0. The van der Waals surface area contributed by atoms with Crippen LogP contribution < -0.4 is 0 Å². The summed E-state index contributed by atoms with van der Waals surface area (Å²) in [6.07, 6.45) is 4.85. The largest absolute Gasteiger partial charge is 0.411 e. The summed E-state index contributed by atoms with van der Waals surface area (Å²) >= 11 is 0. The minimum atomic E-state index is 0.640. The average molecular weight is 201 g/mol. The molecule has 1 aromatic carbocycles. The molecule has 2 aromatic rings.